The Morgan fingerprint density at radius 2 is 1.94 bits per heavy atom. The van der Waals surface area contributed by atoms with E-state index in [9.17, 15) is 4.79 Å². The van der Waals surface area contributed by atoms with Crippen LogP contribution in [-0.2, 0) is 4.79 Å². The van der Waals surface area contributed by atoms with E-state index in [0.29, 0.717) is 0 Å². The van der Waals surface area contributed by atoms with E-state index < -0.39 is 5.97 Å². The van der Waals surface area contributed by atoms with Gasteiger partial charge in [-0.25, -0.2) is 0 Å². The number of carboxylic acids is 1. The van der Waals surface area contributed by atoms with Crippen LogP contribution in [0.2, 0.25) is 0 Å². The highest BCUT2D eigenvalue weighted by atomic mass is 16.4. The molecule has 3 nitrogen and oxygen atoms in total. The first-order valence-corrected chi connectivity index (χ1v) is 6.79. The lowest BCUT2D eigenvalue weighted by Gasteiger charge is -2.29. The van der Waals surface area contributed by atoms with Gasteiger partial charge in [0.05, 0.1) is 6.42 Å². The smallest absolute Gasteiger partial charge is 0.303 e. The van der Waals surface area contributed by atoms with Crippen molar-refractivity contribution in [3.05, 3.63) is 0 Å². The van der Waals surface area contributed by atoms with Gasteiger partial charge in [0.2, 0.25) is 0 Å². The molecule has 0 saturated heterocycles. The van der Waals surface area contributed by atoms with E-state index in [-0.39, 0.29) is 11.8 Å². The molecule has 0 aromatic carbocycles. The molecule has 1 aliphatic carbocycles. The number of rotatable bonds is 7. The Hall–Kier alpha value is -0.570. The second-order valence-electron chi connectivity index (χ2n) is 6.41. The lowest BCUT2D eigenvalue weighted by atomic mass is 9.88. The highest BCUT2D eigenvalue weighted by Crippen LogP contribution is 2.28. The second kappa shape index (κ2) is 6.39. The average molecular weight is 241 g/mol. The maximum Gasteiger partial charge on any atom is 0.303 e. The molecule has 0 atom stereocenters. The highest BCUT2D eigenvalue weighted by molar-refractivity contribution is 5.67. The van der Waals surface area contributed by atoms with Crippen molar-refractivity contribution >= 4 is 5.97 Å². The fourth-order valence-corrected chi connectivity index (χ4v) is 2.98. The van der Waals surface area contributed by atoms with Gasteiger partial charge in [0.25, 0.3) is 0 Å². The number of hydrogen-bond acceptors (Lipinski definition) is 2. The van der Waals surface area contributed by atoms with E-state index in [2.05, 4.69) is 11.9 Å². The summed E-state index contributed by atoms with van der Waals surface area (Å²) in [5.74, 6) is 0.222. The molecule has 1 fully saturated rings. The van der Waals surface area contributed by atoms with Gasteiger partial charge in [-0.15, -0.1) is 0 Å². The molecule has 0 bridgehead atoms. The molecule has 0 aliphatic heterocycles. The van der Waals surface area contributed by atoms with Crippen LogP contribution in [-0.4, -0.2) is 36.1 Å². The van der Waals surface area contributed by atoms with Crippen molar-refractivity contribution in [2.24, 2.45) is 11.3 Å². The van der Waals surface area contributed by atoms with Gasteiger partial charge < -0.3 is 10.0 Å². The highest BCUT2D eigenvalue weighted by Gasteiger charge is 2.24. The number of nitrogens with zero attached hydrogens (tertiary/aromatic N) is 1. The summed E-state index contributed by atoms with van der Waals surface area (Å²) in [5, 5.41) is 8.85. The molecule has 1 saturated carbocycles. The fraction of sp³-hybridized carbons (Fsp3) is 0.929. The van der Waals surface area contributed by atoms with Crippen molar-refractivity contribution in [3.63, 3.8) is 0 Å². The van der Waals surface area contributed by atoms with Crippen molar-refractivity contribution in [1.82, 2.24) is 4.90 Å². The zero-order chi connectivity index (χ0) is 12.9. The van der Waals surface area contributed by atoms with Crippen LogP contribution in [0, 0.1) is 11.3 Å². The molecule has 0 aromatic heterocycles. The van der Waals surface area contributed by atoms with Crippen LogP contribution >= 0.6 is 0 Å². The molecule has 0 unspecified atom stereocenters. The van der Waals surface area contributed by atoms with E-state index in [1.807, 2.05) is 13.8 Å². The Balaban J connectivity index is 2.22. The SMILES string of the molecule is CN(CCC1CCCC1)CC(C)(C)CC(=O)O. The minimum Gasteiger partial charge on any atom is -0.481 e. The minimum atomic E-state index is -0.695. The molecule has 1 rings (SSSR count). The summed E-state index contributed by atoms with van der Waals surface area (Å²) in [5.41, 5.74) is -0.129. The number of aliphatic carboxylic acids is 1. The molecular weight excluding hydrogens is 214 g/mol. The summed E-state index contributed by atoms with van der Waals surface area (Å²) in [6, 6.07) is 0. The average Bonchev–Trinajstić information content (AvgIpc) is 2.63. The molecule has 3 heteroatoms. The van der Waals surface area contributed by atoms with Gasteiger partial charge in [0.1, 0.15) is 0 Å². The maximum absolute atomic E-state index is 10.7. The molecule has 0 spiro atoms. The molecule has 0 amide bonds. The van der Waals surface area contributed by atoms with Gasteiger partial charge in [-0.05, 0) is 31.3 Å². The molecule has 17 heavy (non-hydrogen) atoms. The molecule has 1 aliphatic rings. The zero-order valence-electron chi connectivity index (χ0n) is 11.5. The molecule has 100 valence electrons. The van der Waals surface area contributed by atoms with Crippen LogP contribution in [0.25, 0.3) is 0 Å². The van der Waals surface area contributed by atoms with Crippen molar-refractivity contribution < 1.29 is 9.90 Å². The standard InChI is InChI=1S/C14H27NO2/c1-14(2,10-13(16)17)11-15(3)9-8-12-6-4-5-7-12/h12H,4-11H2,1-3H3,(H,16,17). The second-order valence-corrected chi connectivity index (χ2v) is 6.41. The quantitative estimate of drug-likeness (QED) is 0.745. The first-order valence-electron chi connectivity index (χ1n) is 6.79. The monoisotopic (exact) mass is 241 g/mol. The van der Waals surface area contributed by atoms with Gasteiger partial charge in [0.15, 0.2) is 0 Å². The molecule has 0 radical (unpaired) electrons. The van der Waals surface area contributed by atoms with Gasteiger partial charge >= 0.3 is 5.97 Å². The topological polar surface area (TPSA) is 40.5 Å². The number of carboxylic acid groups (broad SMARTS) is 1. The van der Waals surface area contributed by atoms with Crippen LogP contribution < -0.4 is 0 Å². The lowest BCUT2D eigenvalue weighted by Crippen LogP contribution is -2.34. The first-order chi connectivity index (χ1) is 7.89. The van der Waals surface area contributed by atoms with Crippen molar-refractivity contribution in [2.45, 2.75) is 52.4 Å². The number of hydrogen-bond donors (Lipinski definition) is 1. The van der Waals surface area contributed by atoms with Gasteiger partial charge in [-0.3, -0.25) is 4.79 Å². The van der Waals surface area contributed by atoms with Crippen molar-refractivity contribution in [1.29, 1.82) is 0 Å². The normalized spacial score (nSPS) is 17.9. The van der Waals surface area contributed by atoms with Crippen molar-refractivity contribution in [3.8, 4) is 0 Å². The summed E-state index contributed by atoms with van der Waals surface area (Å²) < 4.78 is 0. The van der Waals surface area contributed by atoms with E-state index in [1.54, 1.807) is 0 Å². The van der Waals surface area contributed by atoms with Gasteiger partial charge in [0, 0.05) is 6.54 Å². The van der Waals surface area contributed by atoms with Crippen LogP contribution in [0.5, 0.6) is 0 Å². The summed E-state index contributed by atoms with van der Waals surface area (Å²) in [7, 11) is 2.11. The predicted octanol–water partition coefficient (Wildman–Crippen LogP) is 3.00. The van der Waals surface area contributed by atoms with Gasteiger partial charge in [-0.1, -0.05) is 39.5 Å². The van der Waals surface area contributed by atoms with Crippen LogP contribution in [0.3, 0.4) is 0 Å². The third-order valence-electron chi connectivity index (χ3n) is 3.72. The van der Waals surface area contributed by atoms with E-state index in [0.717, 1.165) is 19.0 Å². The molecular formula is C14H27NO2. The zero-order valence-corrected chi connectivity index (χ0v) is 11.5. The summed E-state index contributed by atoms with van der Waals surface area (Å²) in [4.78, 5) is 13.0. The van der Waals surface area contributed by atoms with Gasteiger partial charge in [-0.2, -0.15) is 0 Å². The Labute approximate surface area is 105 Å². The fourth-order valence-electron chi connectivity index (χ4n) is 2.98. The molecule has 0 aromatic rings. The third-order valence-corrected chi connectivity index (χ3v) is 3.72. The summed E-state index contributed by atoms with van der Waals surface area (Å²) in [6.07, 6.45) is 7.12. The Bertz CT molecular complexity index is 245. The molecule has 0 heterocycles. The minimum absolute atomic E-state index is 0.129. The van der Waals surface area contributed by atoms with E-state index >= 15 is 0 Å². The largest absolute Gasteiger partial charge is 0.481 e. The maximum atomic E-state index is 10.7. The van der Waals surface area contributed by atoms with E-state index in [4.69, 9.17) is 5.11 Å². The molecule has 1 N–H and O–H groups in total. The van der Waals surface area contributed by atoms with Crippen LogP contribution in [0.4, 0.5) is 0 Å². The predicted molar refractivity (Wildman–Crippen MR) is 70.1 cm³/mol. The summed E-state index contributed by atoms with van der Waals surface area (Å²) in [6.45, 7) is 6.04. The third kappa shape index (κ3) is 6.06. The van der Waals surface area contributed by atoms with Crippen LogP contribution in [0.15, 0.2) is 0 Å². The Kier molecular flexibility index (Phi) is 5.44. The number of carbonyl (C=O) groups is 1. The summed E-state index contributed by atoms with van der Waals surface area (Å²) >= 11 is 0. The lowest BCUT2D eigenvalue weighted by molar-refractivity contribution is -0.139. The van der Waals surface area contributed by atoms with Crippen LogP contribution in [0.1, 0.15) is 52.4 Å². The van der Waals surface area contributed by atoms with E-state index in [1.165, 1.54) is 32.1 Å². The Morgan fingerprint density at radius 1 is 1.35 bits per heavy atom. The Morgan fingerprint density at radius 3 is 2.47 bits per heavy atom. The first kappa shape index (κ1) is 14.5. The van der Waals surface area contributed by atoms with Crippen molar-refractivity contribution in [2.75, 3.05) is 20.1 Å².